The first kappa shape index (κ1) is 13.7. The van der Waals surface area contributed by atoms with E-state index in [2.05, 4.69) is 24.5 Å². The zero-order valence-corrected chi connectivity index (χ0v) is 10.5. The summed E-state index contributed by atoms with van der Waals surface area (Å²) in [5.41, 5.74) is 5.29. The molecule has 0 fully saturated rings. The summed E-state index contributed by atoms with van der Waals surface area (Å²) < 4.78 is 0. The lowest BCUT2D eigenvalue weighted by Gasteiger charge is -2.14. The quantitative estimate of drug-likeness (QED) is 0.454. The molecule has 0 saturated carbocycles. The third-order valence-electron chi connectivity index (χ3n) is 2.62. The summed E-state index contributed by atoms with van der Waals surface area (Å²) in [6, 6.07) is 0. The lowest BCUT2D eigenvalue weighted by Crippen LogP contribution is -2.38. The minimum absolute atomic E-state index is 0.394. The predicted octanol–water partition coefficient (Wildman–Crippen LogP) is 0.501. The number of rotatable bonds is 8. The largest absolute Gasteiger partial charge is 0.380 e. The van der Waals surface area contributed by atoms with Crippen LogP contribution in [0.4, 0.5) is 11.4 Å². The van der Waals surface area contributed by atoms with Crippen molar-refractivity contribution in [1.29, 1.82) is 0 Å². The maximum absolute atomic E-state index is 11.3. The molecule has 0 aliphatic rings. The maximum atomic E-state index is 11.3. The summed E-state index contributed by atoms with van der Waals surface area (Å²) in [6.45, 7) is 5.98. The van der Waals surface area contributed by atoms with Crippen molar-refractivity contribution in [1.82, 2.24) is 0 Å². The van der Waals surface area contributed by atoms with Crippen molar-refractivity contribution in [3.63, 3.8) is 0 Å². The Hall–Kier alpha value is -1.36. The first-order chi connectivity index (χ1) is 8.07. The van der Waals surface area contributed by atoms with Crippen molar-refractivity contribution in [2.75, 3.05) is 30.3 Å². The van der Waals surface area contributed by atoms with E-state index in [1.807, 2.05) is 0 Å². The monoisotopic (exact) mass is 239 g/mol. The number of anilines is 2. The summed E-state index contributed by atoms with van der Waals surface area (Å²) in [4.78, 5) is 22.6. The van der Waals surface area contributed by atoms with Crippen LogP contribution in [-0.2, 0) is 0 Å². The molecule has 4 N–H and O–H groups in total. The van der Waals surface area contributed by atoms with E-state index >= 15 is 0 Å². The van der Waals surface area contributed by atoms with E-state index in [0.717, 1.165) is 19.4 Å². The van der Waals surface area contributed by atoms with E-state index in [0.29, 0.717) is 30.4 Å². The summed E-state index contributed by atoms with van der Waals surface area (Å²) in [5, 5.41) is 5.89. The van der Waals surface area contributed by atoms with Crippen LogP contribution in [0.15, 0.2) is 9.59 Å². The highest BCUT2D eigenvalue weighted by Crippen LogP contribution is 2.14. The van der Waals surface area contributed by atoms with Gasteiger partial charge >= 0.3 is 0 Å². The van der Waals surface area contributed by atoms with Crippen LogP contribution in [-0.4, -0.2) is 19.6 Å². The Balaban J connectivity index is 2.45. The Morgan fingerprint density at radius 3 is 2.06 bits per heavy atom. The van der Waals surface area contributed by atoms with E-state index in [1.165, 1.54) is 0 Å². The van der Waals surface area contributed by atoms with Crippen LogP contribution >= 0.6 is 0 Å². The third-order valence-corrected chi connectivity index (χ3v) is 2.62. The van der Waals surface area contributed by atoms with Gasteiger partial charge in [0.2, 0.25) is 0 Å². The second-order valence-electron chi connectivity index (χ2n) is 4.59. The number of nitrogens with one attached hydrogen (secondary N) is 2. The number of nitrogens with two attached hydrogens (primary N) is 1. The van der Waals surface area contributed by atoms with Crippen LogP contribution in [0.25, 0.3) is 0 Å². The van der Waals surface area contributed by atoms with E-state index in [1.54, 1.807) is 0 Å². The molecule has 0 amide bonds. The van der Waals surface area contributed by atoms with Gasteiger partial charge in [-0.3, -0.25) is 9.59 Å². The molecule has 0 saturated heterocycles. The molecule has 0 heterocycles. The molecule has 0 atom stereocenters. The molecule has 1 aromatic carbocycles. The van der Waals surface area contributed by atoms with Crippen LogP contribution in [0, 0.1) is 5.92 Å². The van der Waals surface area contributed by atoms with Gasteiger partial charge in [-0.05, 0) is 18.8 Å². The topological polar surface area (TPSA) is 84.2 Å². The van der Waals surface area contributed by atoms with Gasteiger partial charge in [-0.1, -0.05) is 13.8 Å². The Kier molecular flexibility index (Phi) is 5.15. The number of hydrogen-bond acceptors (Lipinski definition) is 5. The smallest absolute Gasteiger partial charge is 0.253 e. The average Bonchev–Trinajstić information content (AvgIpc) is 2.30. The number of hydrogen-bond donors (Lipinski definition) is 3. The highest BCUT2D eigenvalue weighted by molar-refractivity contribution is 5.73. The van der Waals surface area contributed by atoms with Crippen LogP contribution in [0.5, 0.6) is 0 Å². The van der Waals surface area contributed by atoms with Crippen molar-refractivity contribution < 1.29 is 0 Å². The molecule has 0 bridgehead atoms. The first-order valence-corrected chi connectivity index (χ1v) is 6.09. The second kappa shape index (κ2) is 6.39. The normalized spacial score (nSPS) is 11.1. The van der Waals surface area contributed by atoms with Crippen molar-refractivity contribution >= 4 is 11.4 Å². The molecule has 0 spiro atoms. The minimum Gasteiger partial charge on any atom is -0.380 e. The lowest BCUT2D eigenvalue weighted by atomic mass is 10.1. The van der Waals surface area contributed by atoms with Crippen LogP contribution in [0.1, 0.15) is 26.7 Å². The zero-order chi connectivity index (χ0) is 12.8. The average molecular weight is 239 g/mol. The van der Waals surface area contributed by atoms with Gasteiger partial charge in [-0.2, -0.15) is 0 Å². The Labute approximate surface area is 101 Å². The van der Waals surface area contributed by atoms with Crippen molar-refractivity contribution in [3.05, 3.63) is 20.4 Å². The van der Waals surface area contributed by atoms with Crippen molar-refractivity contribution in [2.45, 2.75) is 26.7 Å². The second-order valence-corrected chi connectivity index (χ2v) is 4.59. The third kappa shape index (κ3) is 3.56. The Morgan fingerprint density at radius 2 is 1.59 bits per heavy atom. The van der Waals surface area contributed by atoms with Crippen LogP contribution in [0.2, 0.25) is 0 Å². The van der Waals surface area contributed by atoms with Crippen LogP contribution < -0.4 is 27.2 Å². The molecule has 96 valence electrons. The molecular formula is C12H21N3O2. The standard InChI is InChI=1S/C12H21N3O2/c1-8(2)4-3-6-14-9-10(15-7-5-13)12(17)11(9)16/h8,14-15H,3-7,13H2,1-2H3. The maximum Gasteiger partial charge on any atom is 0.253 e. The molecule has 0 unspecified atom stereocenters. The predicted molar refractivity (Wildman–Crippen MR) is 71.5 cm³/mol. The minimum atomic E-state index is -0.440. The summed E-state index contributed by atoms with van der Waals surface area (Å²) in [7, 11) is 0. The molecule has 5 heteroatoms. The lowest BCUT2D eigenvalue weighted by molar-refractivity contribution is 0.567. The van der Waals surface area contributed by atoms with E-state index in [-0.39, 0.29) is 0 Å². The first-order valence-electron chi connectivity index (χ1n) is 6.09. The van der Waals surface area contributed by atoms with Gasteiger partial charge in [0.1, 0.15) is 11.4 Å². The molecule has 17 heavy (non-hydrogen) atoms. The molecule has 5 nitrogen and oxygen atoms in total. The van der Waals surface area contributed by atoms with E-state index < -0.39 is 10.9 Å². The Bertz CT molecular complexity index is 419. The van der Waals surface area contributed by atoms with E-state index in [9.17, 15) is 9.59 Å². The Morgan fingerprint density at radius 1 is 1.06 bits per heavy atom. The van der Waals surface area contributed by atoms with E-state index in [4.69, 9.17) is 5.73 Å². The highest BCUT2D eigenvalue weighted by atomic mass is 16.2. The van der Waals surface area contributed by atoms with Gasteiger partial charge in [0.15, 0.2) is 0 Å². The van der Waals surface area contributed by atoms with Gasteiger partial charge in [0.05, 0.1) is 0 Å². The van der Waals surface area contributed by atoms with Crippen molar-refractivity contribution in [3.8, 4) is 0 Å². The van der Waals surface area contributed by atoms with Gasteiger partial charge in [0.25, 0.3) is 10.9 Å². The zero-order valence-electron chi connectivity index (χ0n) is 10.5. The molecule has 0 aliphatic carbocycles. The SMILES string of the molecule is CC(C)CCCNc1c(NCCN)c(=O)c1=O. The fourth-order valence-electron chi connectivity index (χ4n) is 1.65. The fraction of sp³-hybridized carbons (Fsp3) is 0.667. The van der Waals surface area contributed by atoms with Gasteiger partial charge in [-0.25, -0.2) is 0 Å². The van der Waals surface area contributed by atoms with Crippen molar-refractivity contribution in [2.24, 2.45) is 11.7 Å². The highest BCUT2D eigenvalue weighted by Gasteiger charge is 2.19. The molecule has 0 aromatic heterocycles. The molecule has 0 aliphatic heterocycles. The molecular weight excluding hydrogens is 218 g/mol. The molecule has 1 aromatic rings. The van der Waals surface area contributed by atoms with Crippen LogP contribution in [0.3, 0.4) is 0 Å². The van der Waals surface area contributed by atoms with Gasteiger partial charge < -0.3 is 16.4 Å². The van der Waals surface area contributed by atoms with Gasteiger partial charge in [0, 0.05) is 19.6 Å². The summed E-state index contributed by atoms with van der Waals surface area (Å²) >= 11 is 0. The van der Waals surface area contributed by atoms with Gasteiger partial charge in [-0.15, -0.1) is 0 Å². The molecule has 1 rings (SSSR count). The summed E-state index contributed by atoms with van der Waals surface area (Å²) in [6.07, 6.45) is 2.10. The summed E-state index contributed by atoms with van der Waals surface area (Å²) in [5.74, 6) is 0.652. The molecule has 0 radical (unpaired) electrons. The fourth-order valence-corrected chi connectivity index (χ4v) is 1.65.